The molecule has 42 heavy (non-hydrogen) atoms. The van der Waals surface area contributed by atoms with Gasteiger partial charge in [-0.3, -0.25) is 14.7 Å². The number of benzene rings is 2. The number of nitrogens with one attached hydrogen (secondary N) is 1. The van der Waals surface area contributed by atoms with Gasteiger partial charge in [-0.05, 0) is 73.1 Å². The Morgan fingerprint density at radius 3 is 2.26 bits per heavy atom. The molecule has 7 heteroatoms. The van der Waals surface area contributed by atoms with Crippen molar-refractivity contribution in [3.63, 3.8) is 0 Å². The van der Waals surface area contributed by atoms with Gasteiger partial charge in [0, 0.05) is 38.2 Å². The molecule has 220 valence electrons. The summed E-state index contributed by atoms with van der Waals surface area (Å²) in [5.41, 5.74) is 6.30. The Balaban J connectivity index is 1.15. The van der Waals surface area contributed by atoms with Crippen molar-refractivity contribution in [1.29, 1.82) is 0 Å². The van der Waals surface area contributed by atoms with Crippen molar-refractivity contribution in [2.24, 2.45) is 0 Å². The molecular formula is C35H40FN3O3. The number of pyridine rings is 1. The summed E-state index contributed by atoms with van der Waals surface area (Å²) < 4.78 is 25.2. The zero-order valence-electron chi connectivity index (χ0n) is 24.4. The van der Waals surface area contributed by atoms with E-state index in [-0.39, 0.29) is 23.9 Å². The van der Waals surface area contributed by atoms with Crippen LogP contribution in [0.1, 0.15) is 85.0 Å². The minimum Gasteiger partial charge on any atom is -0.489 e. The highest BCUT2D eigenvalue weighted by atomic mass is 19.1. The van der Waals surface area contributed by atoms with Crippen LogP contribution in [-0.2, 0) is 4.74 Å². The van der Waals surface area contributed by atoms with Crippen molar-refractivity contribution in [2.75, 3.05) is 26.3 Å². The molecule has 0 spiro atoms. The zero-order valence-corrected chi connectivity index (χ0v) is 24.4. The third-order valence-corrected chi connectivity index (χ3v) is 8.97. The summed E-state index contributed by atoms with van der Waals surface area (Å²) in [6.07, 6.45) is 11.0. The average molecular weight is 570 g/mol. The number of hydrogen-bond donors (Lipinski definition) is 1. The van der Waals surface area contributed by atoms with Crippen LogP contribution in [0.15, 0.2) is 72.6 Å². The first-order valence-corrected chi connectivity index (χ1v) is 15.4. The van der Waals surface area contributed by atoms with Crippen molar-refractivity contribution in [3.8, 4) is 5.75 Å². The van der Waals surface area contributed by atoms with E-state index >= 15 is 0 Å². The second-order valence-corrected chi connectivity index (χ2v) is 11.8. The van der Waals surface area contributed by atoms with E-state index in [9.17, 15) is 9.18 Å². The number of likely N-dealkylation sites (tertiary alicyclic amines) is 1. The molecule has 2 saturated heterocycles. The summed E-state index contributed by atoms with van der Waals surface area (Å²) in [4.78, 5) is 20.0. The van der Waals surface area contributed by atoms with E-state index in [1.165, 1.54) is 30.4 Å². The van der Waals surface area contributed by atoms with E-state index in [1.54, 1.807) is 30.6 Å². The van der Waals surface area contributed by atoms with Crippen LogP contribution in [0.2, 0.25) is 0 Å². The lowest BCUT2D eigenvalue weighted by Gasteiger charge is -2.40. The number of halogens is 1. The van der Waals surface area contributed by atoms with Gasteiger partial charge in [0.15, 0.2) is 0 Å². The molecule has 0 radical (unpaired) electrons. The molecule has 1 aliphatic carbocycles. The Morgan fingerprint density at radius 1 is 0.952 bits per heavy atom. The van der Waals surface area contributed by atoms with Crippen LogP contribution < -0.4 is 10.1 Å². The van der Waals surface area contributed by atoms with Gasteiger partial charge in [-0.2, -0.15) is 0 Å². The highest BCUT2D eigenvalue weighted by molar-refractivity contribution is 5.94. The summed E-state index contributed by atoms with van der Waals surface area (Å²) in [7, 11) is 0. The number of nitrogens with zero attached hydrogens (tertiary/aromatic N) is 2. The van der Waals surface area contributed by atoms with E-state index < -0.39 is 0 Å². The summed E-state index contributed by atoms with van der Waals surface area (Å²) in [5.74, 6) is 0.189. The Kier molecular flexibility index (Phi) is 8.96. The average Bonchev–Trinajstić information content (AvgIpc) is 2.99. The number of carbonyl (C=O) groups excluding carboxylic acids is 1. The molecule has 2 aliphatic heterocycles. The van der Waals surface area contributed by atoms with Crippen LogP contribution >= 0.6 is 0 Å². The second kappa shape index (κ2) is 13.2. The third-order valence-electron chi connectivity index (χ3n) is 8.97. The van der Waals surface area contributed by atoms with Crippen molar-refractivity contribution < 1.29 is 18.7 Å². The lowest BCUT2D eigenvalue weighted by molar-refractivity contribution is 0.0254. The van der Waals surface area contributed by atoms with Gasteiger partial charge in [-0.1, -0.05) is 48.4 Å². The highest BCUT2D eigenvalue weighted by Crippen LogP contribution is 2.35. The molecule has 3 heterocycles. The van der Waals surface area contributed by atoms with Gasteiger partial charge >= 0.3 is 0 Å². The second-order valence-electron chi connectivity index (χ2n) is 11.8. The van der Waals surface area contributed by atoms with Gasteiger partial charge in [0.25, 0.3) is 5.91 Å². The third kappa shape index (κ3) is 6.74. The molecule has 1 amide bonds. The summed E-state index contributed by atoms with van der Waals surface area (Å²) >= 11 is 0. The Labute approximate surface area is 247 Å². The van der Waals surface area contributed by atoms with E-state index in [2.05, 4.69) is 39.5 Å². The summed E-state index contributed by atoms with van der Waals surface area (Å²) in [6.45, 7) is 5.54. The van der Waals surface area contributed by atoms with Crippen molar-refractivity contribution >= 4 is 11.5 Å². The molecule has 6 nitrogen and oxygen atoms in total. The van der Waals surface area contributed by atoms with Gasteiger partial charge < -0.3 is 14.8 Å². The fourth-order valence-corrected chi connectivity index (χ4v) is 6.25. The van der Waals surface area contributed by atoms with Crippen molar-refractivity contribution in [3.05, 3.63) is 101 Å². The minimum absolute atomic E-state index is 0.0846. The predicted molar refractivity (Wildman–Crippen MR) is 162 cm³/mol. The van der Waals surface area contributed by atoms with E-state index in [0.29, 0.717) is 24.5 Å². The molecular weight excluding hydrogens is 529 g/mol. The Morgan fingerprint density at radius 2 is 1.62 bits per heavy atom. The number of piperidine rings is 1. The molecule has 2 aromatic carbocycles. The monoisotopic (exact) mass is 569 g/mol. The quantitative estimate of drug-likeness (QED) is 0.326. The predicted octanol–water partition coefficient (Wildman–Crippen LogP) is 6.72. The molecule has 0 unspecified atom stereocenters. The number of hydrogen-bond acceptors (Lipinski definition) is 5. The number of rotatable bonds is 8. The smallest absolute Gasteiger partial charge is 0.253 e. The topological polar surface area (TPSA) is 63.7 Å². The summed E-state index contributed by atoms with van der Waals surface area (Å²) in [5, 5.41) is 3.11. The first-order valence-electron chi connectivity index (χ1n) is 15.4. The van der Waals surface area contributed by atoms with Crippen LogP contribution in [0.5, 0.6) is 5.75 Å². The van der Waals surface area contributed by atoms with E-state index in [0.717, 1.165) is 61.5 Å². The molecule has 6 rings (SSSR count). The molecule has 0 bridgehead atoms. The fourth-order valence-electron chi connectivity index (χ4n) is 6.25. The lowest BCUT2D eigenvalue weighted by atomic mass is 9.85. The van der Waals surface area contributed by atoms with Gasteiger partial charge in [-0.15, -0.1) is 0 Å². The fraction of sp³-hybridized carbons (Fsp3) is 0.429. The maximum absolute atomic E-state index is 13.8. The Bertz CT molecular complexity index is 1390. The van der Waals surface area contributed by atoms with Crippen molar-refractivity contribution in [1.82, 2.24) is 15.2 Å². The Hall–Kier alpha value is -3.55. The first kappa shape index (κ1) is 28.6. The molecule has 1 aromatic heterocycles. The maximum Gasteiger partial charge on any atom is 0.253 e. The van der Waals surface area contributed by atoms with Crippen LogP contribution in [0.4, 0.5) is 4.39 Å². The molecule has 1 atom stereocenters. The van der Waals surface area contributed by atoms with Gasteiger partial charge in [0.1, 0.15) is 17.7 Å². The minimum atomic E-state index is -0.223. The standard InChI is InChI=1S/C35H40FN3O3/c1-24(38-35(40)29-21-33(23-37-22-29)42-32-15-19-41-20-16-32)25-5-7-26(8-6-25)34(27-9-11-30(36)12-10-27)28-13-17-39(18-14-28)31-3-2-4-31/h5-12,21-24,31-32H,2-4,13-20H2,1H3,(H,38,40)/t24-/m1/s1. The molecule has 3 aliphatic rings. The van der Waals surface area contributed by atoms with Crippen LogP contribution in [-0.4, -0.2) is 54.2 Å². The summed E-state index contributed by atoms with van der Waals surface area (Å²) in [6, 6.07) is 17.6. The van der Waals surface area contributed by atoms with Crippen molar-refractivity contribution in [2.45, 2.75) is 70.1 Å². The number of carbonyl (C=O) groups is 1. The van der Waals surface area contributed by atoms with Gasteiger partial charge in [-0.25, -0.2) is 4.39 Å². The number of ether oxygens (including phenoxy) is 2. The van der Waals surface area contributed by atoms with Gasteiger partial charge in [0.2, 0.25) is 0 Å². The van der Waals surface area contributed by atoms with E-state index in [4.69, 9.17) is 9.47 Å². The normalized spacial score (nSPS) is 19.1. The molecule has 3 aromatic rings. The van der Waals surface area contributed by atoms with Crippen LogP contribution in [0, 0.1) is 5.82 Å². The molecule has 1 N–H and O–H groups in total. The number of amides is 1. The molecule has 3 fully saturated rings. The van der Waals surface area contributed by atoms with Crippen LogP contribution in [0.3, 0.4) is 0 Å². The highest BCUT2D eigenvalue weighted by Gasteiger charge is 2.28. The first-order chi connectivity index (χ1) is 20.5. The van der Waals surface area contributed by atoms with E-state index in [1.807, 2.05) is 19.1 Å². The number of aromatic nitrogens is 1. The van der Waals surface area contributed by atoms with Crippen LogP contribution in [0.25, 0.3) is 5.57 Å². The SMILES string of the molecule is C[C@@H](NC(=O)c1cncc(OC2CCOCC2)c1)c1ccc(C(=C2CCN(C3CCC3)CC2)c2ccc(F)cc2)cc1. The maximum atomic E-state index is 13.8. The molecule has 1 saturated carbocycles. The zero-order chi connectivity index (χ0) is 28.9. The lowest BCUT2D eigenvalue weighted by Crippen LogP contribution is -2.43. The largest absolute Gasteiger partial charge is 0.489 e. The van der Waals surface area contributed by atoms with Gasteiger partial charge in [0.05, 0.1) is 31.0 Å².